The predicted molar refractivity (Wildman–Crippen MR) is 84.0 cm³/mol. The summed E-state index contributed by atoms with van der Waals surface area (Å²) in [6, 6.07) is 4.25. The van der Waals surface area contributed by atoms with Crippen molar-refractivity contribution in [1.82, 2.24) is 5.32 Å². The van der Waals surface area contributed by atoms with Crippen molar-refractivity contribution >= 4 is 35.6 Å². The molecule has 1 aliphatic rings. The van der Waals surface area contributed by atoms with Crippen molar-refractivity contribution in [2.45, 2.75) is 44.7 Å². The summed E-state index contributed by atoms with van der Waals surface area (Å²) in [5.74, 6) is 0.726. The third kappa shape index (κ3) is 4.71. The van der Waals surface area contributed by atoms with Gasteiger partial charge in [0, 0.05) is 23.2 Å². The monoisotopic (exact) mass is 323 g/mol. The van der Waals surface area contributed by atoms with Gasteiger partial charge in [0.25, 0.3) is 0 Å². The zero-order valence-corrected chi connectivity index (χ0v) is 13.4. The number of halogens is 3. The quantitative estimate of drug-likeness (QED) is 0.855. The molecule has 108 valence electrons. The van der Waals surface area contributed by atoms with Crippen molar-refractivity contribution in [3.8, 4) is 5.75 Å². The van der Waals surface area contributed by atoms with Gasteiger partial charge in [-0.15, -0.1) is 12.4 Å². The third-order valence-corrected chi connectivity index (χ3v) is 3.97. The minimum Gasteiger partial charge on any atom is -0.495 e. The van der Waals surface area contributed by atoms with Crippen LogP contribution >= 0.6 is 35.6 Å². The highest BCUT2D eigenvalue weighted by Gasteiger charge is 2.15. The number of ether oxygens (including phenoxy) is 1. The minimum absolute atomic E-state index is 0. The highest BCUT2D eigenvalue weighted by atomic mass is 35.5. The Hall–Kier alpha value is -0.150. The summed E-state index contributed by atoms with van der Waals surface area (Å²) in [4.78, 5) is 0. The second-order valence-corrected chi connectivity index (χ2v) is 5.64. The Balaban J connectivity index is 0.00000180. The molecule has 2 rings (SSSR count). The maximum Gasteiger partial charge on any atom is 0.142 e. The average Bonchev–Trinajstić information content (AvgIpc) is 2.37. The van der Waals surface area contributed by atoms with Gasteiger partial charge in [0.1, 0.15) is 5.75 Å². The average molecular weight is 325 g/mol. The molecule has 0 radical (unpaired) electrons. The molecule has 1 aliphatic carbocycles. The number of hydrogen-bond acceptors (Lipinski definition) is 2. The van der Waals surface area contributed by atoms with Gasteiger partial charge in [-0.25, -0.2) is 0 Å². The summed E-state index contributed by atoms with van der Waals surface area (Å²) >= 11 is 12.2. The number of benzene rings is 1. The van der Waals surface area contributed by atoms with E-state index in [1.54, 1.807) is 13.2 Å². The van der Waals surface area contributed by atoms with Crippen LogP contribution in [0, 0.1) is 0 Å². The van der Waals surface area contributed by atoms with Crippen LogP contribution in [0.1, 0.15) is 37.7 Å². The molecule has 0 amide bonds. The molecule has 1 aromatic carbocycles. The van der Waals surface area contributed by atoms with Gasteiger partial charge < -0.3 is 10.1 Å². The van der Waals surface area contributed by atoms with Gasteiger partial charge in [-0.1, -0.05) is 42.5 Å². The molecule has 2 nitrogen and oxygen atoms in total. The molecule has 5 heteroatoms. The van der Waals surface area contributed by atoms with Crippen LogP contribution in [0.3, 0.4) is 0 Å². The van der Waals surface area contributed by atoms with Crippen molar-refractivity contribution in [2.24, 2.45) is 0 Å². The second-order valence-electron chi connectivity index (χ2n) is 4.80. The van der Waals surface area contributed by atoms with Gasteiger partial charge in [-0.3, -0.25) is 0 Å². The van der Waals surface area contributed by atoms with Crippen molar-refractivity contribution in [3.05, 3.63) is 27.7 Å². The van der Waals surface area contributed by atoms with Crippen molar-refractivity contribution < 1.29 is 4.74 Å². The molecule has 0 saturated heterocycles. The smallest absolute Gasteiger partial charge is 0.142 e. The number of hydrogen-bond donors (Lipinski definition) is 1. The molecule has 1 aromatic rings. The van der Waals surface area contributed by atoms with Gasteiger partial charge in [0.2, 0.25) is 0 Å². The van der Waals surface area contributed by atoms with Crippen molar-refractivity contribution in [1.29, 1.82) is 0 Å². The van der Waals surface area contributed by atoms with E-state index in [-0.39, 0.29) is 12.4 Å². The van der Waals surface area contributed by atoms with Crippen LogP contribution in [0.15, 0.2) is 12.1 Å². The fourth-order valence-electron chi connectivity index (χ4n) is 2.53. The molecule has 0 spiro atoms. The number of methoxy groups -OCH3 is 1. The summed E-state index contributed by atoms with van der Waals surface area (Å²) in [7, 11) is 1.64. The van der Waals surface area contributed by atoms with Crippen LogP contribution in [-0.4, -0.2) is 13.2 Å². The molecular weight excluding hydrogens is 305 g/mol. The van der Waals surface area contributed by atoms with E-state index in [9.17, 15) is 0 Å². The van der Waals surface area contributed by atoms with Crippen LogP contribution < -0.4 is 10.1 Å². The molecule has 0 unspecified atom stereocenters. The minimum atomic E-state index is 0. The van der Waals surface area contributed by atoms with E-state index < -0.39 is 0 Å². The normalized spacial score (nSPS) is 15.9. The molecule has 0 heterocycles. The Kier molecular flexibility index (Phi) is 7.30. The van der Waals surface area contributed by atoms with Crippen LogP contribution in [0.5, 0.6) is 5.75 Å². The Morgan fingerprint density at radius 1 is 1.21 bits per heavy atom. The van der Waals surface area contributed by atoms with E-state index >= 15 is 0 Å². The van der Waals surface area contributed by atoms with Gasteiger partial charge in [-0.2, -0.15) is 0 Å². The van der Waals surface area contributed by atoms with E-state index in [1.807, 2.05) is 6.07 Å². The first-order chi connectivity index (χ1) is 8.70. The lowest BCUT2D eigenvalue weighted by Gasteiger charge is -2.23. The van der Waals surface area contributed by atoms with Gasteiger partial charge >= 0.3 is 0 Å². The summed E-state index contributed by atoms with van der Waals surface area (Å²) in [6.07, 6.45) is 6.54. The second kappa shape index (κ2) is 8.21. The van der Waals surface area contributed by atoms with Crippen molar-refractivity contribution in [2.75, 3.05) is 7.11 Å². The van der Waals surface area contributed by atoms with Crippen LogP contribution in [0.2, 0.25) is 10.0 Å². The van der Waals surface area contributed by atoms with E-state index in [1.165, 1.54) is 32.1 Å². The van der Waals surface area contributed by atoms with E-state index in [0.29, 0.717) is 16.1 Å². The first-order valence-electron chi connectivity index (χ1n) is 6.46. The zero-order valence-electron chi connectivity index (χ0n) is 11.0. The largest absolute Gasteiger partial charge is 0.495 e. The molecule has 1 N–H and O–H groups in total. The molecule has 1 fully saturated rings. The summed E-state index contributed by atoms with van der Waals surface area (Å²) in [5, 5.41) is 4.80. The first-order valence-corrected chi connectivity index (χ1v) is 7.21. The maximum absolute atomic E-state index is 6.12. The summed E-state index contributed by atoms with van der Waals surface area (Å²) in [5.41, 5.74) is 1.03. The van der Waals surface area contributed by atoms with Gasteiger partial charge in [-0.05, 0) is 25.0 Å². The maximum atomic E-state index is 6.12. The SMILES string of the molecule is COc1c(Cl)cc(Cl)cc1CNC1CCCCC1.Cl. The molecule has 19 heavy (non-hydrogen) atoms. The molecular formula is C14H20Cl3NO. The Morgan fingerprint density at radius 2 is 1.89 bits per heavy atom. The highest BCUT2D eigenvalue weighted by Crippen LogP contribution is 2.32. The molecule has 0 aromatic heterocycles. The van der Waals surface area contributed by atoms with Crippen LogP contribution in [0.4, 0.5) is 0 Å². The Morgan fingerprint density at radius 3 is 2.53 bits per heavy atom. The standard InChI is InChI=1S/C14H19Cl2NO.ClH/c1-18-14-10(7-11(15)8-13(14)16)9-17-12-5-3-2-4-6-12;/h7-8,12,17H,2-6,9H2,1H3;1H. The highest BCUT2D eigenvalue weighted by molar-refractivity contribution is 6.35. The van der Waals surface area contributed by atoms with E-state index in [0.717, 1.165) is 17.9 Å². The lowest BCUT2D eigenvalue weighted by molar-refractivity contribution is 0.365. The van der Waals surface area contributed by atoms with Crippen molar-refractivity contribution in [3.63, 3.8) is 0 Å². The van der Waals surface area contributed by atoms with Crippen LogP contribution in [-0.2, 0) is 6.54 Å². The van der Waals surface area contributed by atoms with Gasteiger partial charge in [0.15, 0.2) is 0 Å². The third-order valence-electron chi connectivity index (χ3n) is 3.48. The van der Waals surface area contributed by atoms with Crippen LogP contribution in [0.25, 0.3) is 0 Å². The molecule has 0 aliphatic heterocycles. The fraction of sp³-hybridized carbons (Fsp3) is 0.571. The topological polar surface area (TPSA) is 21.3 Å². The summed E-state index contributed by atoms with van der Waals surface area (Å²) in [6.45, 7) is 0.758. The Labute approximate surface area is 131 Å². The molecule has 1 saturated carbocycles. The first kappa shape index (κ1) is 16.9. The molecule has 0 bridgehead atoms. The van der Waals surface area contributed by atoms with E-state index in [2.05, 4.69) is 5.32 Å². The Bertz CT molecular complexity index is 406. The zero-order chi connectivity index (χ0) is 13.0. The number of rotatable bonds is 4. The lowest BCUT2D eigenvalue weighted by atomic mass is 9.95. The lowest BCUT2D eigenvalue weighted by Crippen LogP contribution is -2.30. The number of nitrogens with one attached hydrogen (secondary N) is 1. The predicted octanol–water partition coefficient (Wildman–Crippen LogP) is 4.85. The molecule has 0 atom stereocenters. The fourth-order valence-corrected chi connectivity index (χ4v) is 3.15. The van der Waals surface area contributed by atoms with E-state index in [4.69, 9.17) is 27.9 Å². The van der Waals surface area contributed by atoms with Gasteiger partial charge in [0.05, 0.1) is 12.1 Å². The summed E-state index contributed by atoms with van der Waals surface area (Å²) < 4.78 is 5.34.